The van der Waals surface area contributed by atoms with Crippen LogP contribution in [0.25, 0.3) is 0 Å². The maximum Gasteiger partial charge on any atom is 0.341 e. The number of halogens is 1. The number of aryl methyl sites for hydroxylation is 1. The van der Waals surface area contributed by atoms with E-state index < -0.39 is 21.8 Å². The number of thiophene rings is 1. The van der Waals surface area contributed by atoms with Crippen LogP contribution in [0.4, 0.5) is 9.39 Å². The second-order valence-electron chi connectivity index (χ2n) is 7.37. The molecule has 0 atom stereocenters. The molecule has 1 fully saturated rings. The molecular weight excluding hydrogens is 457 g/mol. The summed E-state index contributed by atoms with van der Waals surface area (Å²) in [4.78, 5) is 27.7. The predicted octanol–water partition coefficient (Wildman–Crippen LogP) is 2.49. The third kappa shape index (κ3) is 5.17. The fourth-order valence-electron chi connectivity index (χ4n) is 3.66. The molecule has 8 nitrogen and oxygen atoms in total. The molecule has 1 saturated heterocycles. The molecule has 1 aliphatic heterocycles. The van der Waals surface area contributed by atoms with Crippen LogP contribution in [0.2, 0.25) is 0 Å². The monoisotopic (exact) mass is 483 g/mol. The molecule has 1 aromatic carbocycles. The summed E-state index contributed by atoms with van der Waals surface area (Å²) in [5, 5.41) is 3.28. The quantitative estimate of drug-likeness (QED) is 0.608. The van der Waals surface area contributed by atoms with Gasteiger partial charge in [-0.1, -0.05) is 6.92 Å². The Bertz CT molecular complexity index is 1090. The first kappa shape index (κ1) is 24.3. The first-order chi connectivity index (χ1) is 15.2. The molecule has 0 saturated carbocycles. The minimum Gasteiger partial charge on any atom is -0.465 e. The topological polar surface area (TPSA) is 96.0 Å². The van der Waals surface area contributed by atoms with Crippen molar-refractivity contribution in [1.29, 1.82) is 0 Å². The number of amides is 1. The highest BCUT2D eigenvalue weighted by atomic mass is 32.2. The Hall–Kier alpha value is -2.34. The van der Waals surface area contributed by atoms with Gasteiger partial charge in [-0.3, -0.25) is 9.69 Å². The van der Waals surface area contributed by atoms with Gasteiger partial charge in [0.2, 0.25) is 15.9 Å². The number of nitrogens with zero attached hydrogens (tertiary/aromatic N) is 2. The fourth-order valence-corrected chi connectivity index (χ4v) is 6.23. The first-order valence-corrected chi connectivity index (χ1v) is 12.4. The van der Waals surface area contributed by atoms with E-state index in [9.17, 15) is 22.4 Å². The molecule has 0 spiro atoms. The molecule has 1 amide bonds. The van der Waals surface area contributed by atoms with Crippen LogP contribution in [0, 0.1) is 12.7 Å². The van der Waals surface area contributed by atoms with Crippen LogP contribution in [0.1, 0.15) is 27.7 Å². The summed E-state index contributed by atoms with van der Waals surface area (Å²) >= 11 is 1.34. The Morgan fingerprint density at radius 2 is 1.78 bits per heavy atom. The van der Waals surface area contributed by atoms with Crippen LogP contribution in [0.3, 0.4) is 0 Å². The number of sulfonamides is 1. The predicted molar refractivity (Wildman–Crippen MR) is 120 cm³/mol. The van der Waals surface area contributed by atoms with Crippen LogP contribution >= 0.6 is 11.3 Å². The number of anilines is 1. The maximum atomic E-state index is 13.1. The third-order valence-corrected chi connectivity index (χ3v) is 8.33. The van der Waals surface area contributed by atoms with E-state index in [0.717, 1.165) is 22.6 Å². The fraction of sp³-hybridized carbons (Fsp3) is 0.429. The van der Waals surface area contributed by atoms with Crippen LogP contribution in [0.5, 0.6) is 0 Å². The molecule has 2 aromatic rings. The van der Waals surface area contributed by atoms with E-state index in [2.05, 4.69) is 5.32 Å². The zero-order chi connectivity index (χ0) is 23.5. The van der Waals surface area contributed by atoms with Crippen molar-refractivity contribution in [3.05, 3.63) is 46.1 Å². The molecule has 1 aliphatic rings. The van der Waals surface area contributed by atoms with Crippen molar-refractivity contribution in [2.24, 2.45) is 0 Å². The molecule has 11 heteroatoms. The summed E-state index contributed by atoms with van der Waals surface area (Å²) in [5.41, 5.74) is 1.25. The van der Waals surface area contributed by atoms with E-state index in [-0.39, 0.29) is 30.4 Å². The van der Waals surface area contributed by atoms with Crippen molar-refractivity contribution < 1.29 is 27.1 Å². The average Bonchev–Trinajstić information content (AvgIpc) is 3.08. The van der Waals surface area contributed by atoms with Crippen LogP contribution in [-0.2, 0) is 26.0 Å². The standard InChI is InChI=1S/C21H26FN3O5S2/c1-4-17-14(2)31-20(19(17)21(27)30-3)23-18(26)13-24-9-11-25(12-10-24)32(28,29)16-7-5-15(22)6-8-16/h5-8H,4,9-13H2,1-3H3,(H,23,26). The number of carbonyl (C=O) groups excluding carboxylic acids is 2. The summed E-state index contributed by atoms with van der Waals surface area (Å²) in [7, 11) is -2.41. The lowest BCUT2D eigenvalue weighted by Gasteiger charge is -2.33. The molecule has 174 valence electrons. The Labute approximate surface area is 191 Å². The number of carbonyl (C=O) groups is 2. The molecule has 0 radical (unpaired) electrons. The molecule has 2 heterocycles. The van der Waals surface area contributed by atoms with Gasteiger partial charge in [0.15, 0.2) is 0 Å². The van der Waals surface area contributed by atoms with Gasteiger partial charge in [-0.05, 0) is 43.2 Å². The van der Waals surface area contributed by atoms with Crippen molar-refractivity contribution in [3.8, 4) is 0 Å². The number of benzene rings is 1. The normalized spacial score (nSPS) is 15.5. The lowest BCUT2D eigenvalue weighted by atomic mass is 10.1. The highest BCUT2D eigenvalue weighted by molar-refractivity contribution is 7.89. The lowest BCUT2D eigenvalue weighted by Crippen LogP contribution is -2.50. The van der Waals surface area contributed by atoms with Gasteiger partial charge in [0, 0.05) is 31.1 Å². The number of hydrogen-bond acceptors (Lipinski definition) is 7. The highest BCUT2D eigenvalue weighted by Crippen LogP contribution is 2.34. The van der Waals surface area contributed by atoms with E-state index in [1.165, 1.54) is 34.9 Å². The van der Waals surface area contributed by atoms with Crippen LogP contribution in [-0.4, -0.2) is 69.3 Å². The van der Waals surface area contributed by atoms with E-state index in [0.29, 0.717) is 30.1 Å². The molecule has 0 aliphatic carbocycles. The molecular formula is C21H26FN3O5S2. The van der Waals surface area contributed by atoms with Gasteiger partial charge in [-0.2, -0.15) is 4.31 Å². The van der Waals surface area contributed by atoms with Gasteiger partial charge < -0.3 is 10.1 Å². The number of nitrogens with one attached hydrogen (secondary N) is 1. The molecule has 1 aromatic heterocycles. The van der Waals surface area contributed by atoms with E-state index in [4.69, 9.17) is 4.74 Å². The summed E-state index contributed by atoms with van der Waals surface area (Å²) in [6, 6.07) is 4.73. The number of ether oxygens (including phenoxy) is 1. The summed E-state index contributed by atoms with van der Waals surface area (Å²) < 4.78 is 44.8. The number of hydrogen-bond donors (Lipinski definition) is 1. The summed E-state index contributed by atoms with van der Waals surface area (Å²) in [6.45, 7) is 5.10. The number of esters is 1. The molecule has 0 bridgehead atoms. The Morgan fingerprint density at radius 1 is 1.16 bits per heavy atom. The zero-order valence-corrected chi connectivity index (χ0v) is 19.8. The Kier molecular flexibility index (Phi) is 7.65. The first-order valence-electron chi connectivity index (χ1n) is 10.2. The van der Waals surface area contributed by atoms with Gasteiger partial charge in [0.1, 0.15) is 10.8 Å². The van der Waals surface area contributed by atoms with Gasteiger partial charge in [-0.25, -0.2) is 17.6 Å². The average molecular weight is 484 g/mol. The second-order valence-corrected chi connectivity index (χ2v) is 10.5. The van der Waals surface area contributed by atoms with Crippen molar-refractivity contribution in [2.75, 3.05) is 45.2 Å². The maximum absolute atomic E-state index is 13.1. The van der Waals surface area contributed by atoms with Crippen LogP contribution < -0.4 is 5.32 Å². The van der Waals surface area contributed by atoms with Crippen molar-refractivity contribution >= 4 is 38.2 Å². The number of methoxy groups -OCH3 is 1. The zero-order valence-electron chi connectivity index (χ0n) is 18.2. The van der Waals surface area contributed by atoms with E-state index in [1.54, 1.807) is 0 Å². The Morgan fingerprint density at radius 3 is 2.34 bits per heavy atom. The third-order valence-electron chi connectivity index (χ3n) is 5.35. The number of piperazine rings is 1. The van der Waals surface area contributed by atoms with E-state index in [1.807, 2.05) is 18.7 Å². The SMILES string of the molecule is CCc1c(C)sc(NC(=O)CN2CCN(S(=O)(=O)c3ccc(F)cc3)CC2)c1C(=O)OC. The van der Waals surface area contributed by atoms with Gasteiger partial charge in [-0.15, -0.1) is 11.3 Å². The smallest absolute Gasteiger partial charge is 0.341 e. The lowest BCUT2D eigenvalue weighted by molar-refractivity contribution is -0.117. The van der Waals surface area contributed by atoms with E-state index >= 15 is 0 Å². The molecule has 3 rings (SSSR count). The van der Waals surface area contributed by atoms with Gasteiger partial charge >= 0.3 is 5.97 Å². The van der Waals surface area contributed by atoms with Crippen molar-refractivity contribution in [1.82, 2.24) is 9.21 Å². The molecule has 0 unspecified atom stereocenters. The van der Waals surface area contributed by atoms with Crippen LogP contribution in [0.15, 0.2) is 29.2 Å². The summed E-state index contributed by atoms with van der Waals surface area (Å²) in [6.07, 6.45) is 0.646. The second kappa shape index (κ2) is 10.1. The molecule has 32 heavy (non-hydrogen) atoms. The highest BCUT2D eigenvalue weighted by Gasteiger charge is 2.29. The summed E-state index contributed by atoms with van der Waals surface area (Å²) in [5.74, 6) is -1.27. The van der Waals surface area contributed by atoms with Crippen molar-refractivity contribution in [2.45, 2.75) is 25.2 Å². The van der Waals surface area contributed by atoms with Gasteiger partial charge in [0.05, 0.1) is 24.1 Å². The number of rotatable bonds is 7. The minimum absolute atomic E-state index is 0.0419. The molecule has 1 N–H and O–H groups in total. The Balaban J connectivity index is 1.61. The van der Waals surface area contributed by atoms with Crippen molar-refractivity contribution in [3.63, 3.8) is 0 Å². The largest absolute Gasteiger partial charge is 0.465 e. The van der Waals surface area contributed by atoms with Gasteiger partial charge in [0.25, 0.3) is 0 Å². The minimum atomic E-state index is -3.71.